The molecule has 3 rings (SSSR count). The van der Waals surface area contributed by atoms with E-state index in [1.54, 1.807) is 23.0 Å². The van der Waals surface area contributed by atoms with Crippen LogP contribution in [0.5, 0.6) is 0 Å². The lowest BCUT2D eigenvalue weighted by Gasteiger charge is -2.02. The van der Waals surface area contributed by atoms with Gasteiger partial charge in [0.15, 0.2) is 0 Å². The number of hydrogen-bond acceptors (Lipinski definition) is 4. The lowest BCUT2D eigenvalue weighted by Crippen LogP contribution is -2.06. The lowest BCUT2D eigenvalue weighted by molar-refractivity contribution is 0.628. The SMILES string of the molecule is Cc1cc(C)n(-c2nncn2/N=C\c2ccc(F)cc2)n1. The number of aromatic nitrogens is 5. The average Bonchev–Trinajstić information content (AvgIpc) is 3.04. The Kier molecular flexibility index (Phi) is 3.31. The quantitative estimate of drug-likeness (QED) is 0.692. The predicted octanol–water partition coefficient (Wildman–Crippen LogP) is 2.10. The van der Waals surface area contributed by atoms with Gasteiger partial charge in [-0.1, -0.05) is 12.1 Å². The van der Waals surface area contributed by atoms with Gasteiger partial charge in [0.1, 0.15) is 12.1 Å². The Labute approximate surface area is 120 Å². The van der Waals surface area contributed by atoms with E-state index in [1.807, 2.05) is 19.9 Å². The highest BCUT2D eigenvalue weighted by Gasteiger charge is 2.10. The van der Waals surface area contributed by atoms with Crippen molar-refractivity contribution in [2.75, 3.05) is 0 Å². The molecule has 3 aromatic rings. The minimum atomic E-state index is -0.278. The molecule has 0 N–H and O–H groups in total. The van der Waals surface area contributed by atoms with Gasteiger partial charge in [-0.05, 0) is 37.6 Å². The second-order valence-corrected chi connectivity index (χ2v) is 4.61. The molecule has 2 heterocycles. The summed E-state index contributed by atoms with van der Waals surface area (Å²) in [5.41, 5.74) is 2.62. The topological polar surface area (TPSA) is 60.9 Å². The molecule has 0 bridgehead atoms. The minimum Gasteiger partial charge on any atom is -0.207 e. The first-order valence-corrected chi connectivity index (χ1v) is 6.37. The summed E-state index contributed by atoms with van der Waals surface area (Å²) in [6, 6.07) is 8.01. The molecule has 106 valence electrons. The zero-order chi connectivity index (χ0) is 14.8. The molecule has 0 aliphatic heterocycles. The fourth-order valence-electron chi connectivity index (χ4n) is 1.95. The van der Waals surface area contributed by atoms with E-state index in [2.05, 4.69) is 20.4 Å². The molecule has 21 heavy (non-hydrogen) atoms. The summed E-state index contributed by atoms with van der Waals surface area (Å²) < 4.78 is 16.0. The molecule has 0 saturated carbocycles. The van der Waals surface area contributed by atoms with Crippen LogP contribution in [0, 0.1) is 19.7 Å². The third kappa shape index (κ3) is 2.71. The first kappa shape index (κ1) is 13.2. The minimum absolute atomic E-state index is 0.278. The summed E-state index contributed by atoms with van der Waals surface area (Å²) in [5, 5.41) is 16.5. The Hall–Kier alpha value is -2.83. The van der Waals surface area contributed by atoms with Crippen molar-refractivity contribution in [2.24, 2.45) is 5.10 Å². The van der Waals surface area contributed by atoms with Gasteiger partial charge in [0, 0.05) is 5.69 Å². The molecule has 0 aliphatic rings. The van der Waals surface area contributed by atoms with Crippen molar-refractivity contribution in [3.05, 3.63) is 59.4 Å². The number of aryl methyl sites for hydroxylation is 2. The highest BCUT2D eigenvalue weighted by Crippen LogP contribution is 2.09. The summed E-state index contributed by atoms with van der Waals surface area (Å²) in [5.74, 6) is 0.221. The molecular weight excluding hydrogens is 271 g/mol. The van der Waals surface area contributed by atoms with Gasteiger partial charge < -0.3 is 0 Å². The van der Waals surface area contributed by atoms with Crippen molar-refractivity contribution in [3.8, 4) is 5.95 Å². The monoisotopic (exact) mass is 284 g/mol. The number of hydrogen-bond donors (Lipinski definition) is 0. The van der Waals surface area contributed by atoms with Crippen molar-refractivity contribution in [1.82, 2.24) is 24.7 Å². The maximum atomic E-state index is 12.9. The van der Waals surface area contributed by atoms with E-state index in [0.29, 0.717) is 5.95 Å². The van der Waals surface area contributed by atoms with E-state index in [1.165, 1.54) is 23.1 Å². The Morgan fingerprint density at radius 2 is 1.95 bits per heavy atom. The second kappa shape index (κ2) is 5.28. The lowest BCUT2D eigenvalue weighted by atomic mass is 10.2. The van der Waals surface area contributed by atoms with Crippen LogP contribution in [0.3, 0.4) is 0 Å². The Bertz CT molecular complexity index is 784. The second-order valence-electron chi connectivity index (χ2n) is 4.61. The molecule has 0 radical (unpaired) electrons. The fraction of sp³-hybridized carbons (Fsp3) is 0.143. The third-order valence-electron chi connectivity index (χ3n) is 2.91. The number of benzene rings is 1. The van der Waals surface area contributed by atoms with Crippen LogP contribution in [0.4, 0.5) is 4.39 Å². The Balaban J connectivity index is 1.92. The molecule has 0 aliphatic carbocycles. The zero-order valence-corrected chi connectivity index (χ0v) is 11.6. The molecule has 7 heteroatoms. The van der Waals surface area contributed by atoms with Gasteiger partial charge in [0.25, 0.3) is 5.95 Å². The molecule has 0 atom stereocenters. The number of rotatable bonds is 3. The van der Waals surface area contributed by atoms with Crippen LogP contribution in [-0.4, -0.2) is 30.9 Å². The normalized spacial score (nSPS) is 11.4. The average molecular weight is 284 g/mol. The van der Waals surface area contributed by atoms with Crippen molar-refractivity contribution >= 4 is 6.21 Å². The molecular formula is C14H13FN6. The van der Waals surface area contributed by atoms with Gasteiger partial charge in [-0.2, -0.15) is 14.9 Å². The highest BCUT2D eigenvalue weighted by atomic mass is 19.1. The Morgan fingerprint density at radius 1 is 1.19 bits per heavy atom. The smallest absolute Gasteiger partial charge is 0.207 e. The summed E-state index contributed by atoms with van der Waals surface area (Å²) in [6.45, 7) is 3.84. The van der Waals surface area contributed by atoms with Crippen LogP contribution in [-0.2, 0) is 0 Å². The largest absolute Gasteiger partial charge is 0.273 e. The van der Waals surface area contributed by atoms with Crippen molar-refractivity contribution < 1.29 is 4.39 Å². The van der Waals surface area contributed by atoms with Gasteiger partial charge in [0.05, 0.1) is 11.9 Å². The molecule has 0 spiro atoms. The van der Waals surface area contributed by atoms with Crippen LogP contribution in [0.25, 0.3) is 5.95 Å². The van der Waals surface area contributed by atoms with Crippen molar-refractivity contribution in [3.63, 3.8) is 0 Å². The van der Waals surface area contributed by atoms with Crippen LogP contribution < -0.4 is 0 Å². The first-order valence-electron chi connectivity index (χ1n) is 6.37. The van der Waals surface area contributed by atoms with E-state index < -0.39 is 0 Å². The summed E-state index contributed by atoms with van der Waals surface area (Å²) in [6.07, 6.45) is 3.10. The molecule has 1 aromatic carbocycles. The molecule has 0 amide bonds. The van der Waals surface area contributed by atoms with E-state index in [-0.39, 0.29) is 5.82 Å². The van der Waals surface area contributed by atoms with E-state index in [9.17, 15) is 4.39 Å². The van der Waals surface area contributed by atoms with Crippen LogP contribution in [0.2, 0.25) is 0 Å². The Morgan fingerprint density at radius 3 is 2.62 bits per heavy atom. The third-order valence-corrected chi connectivity index (χ3v) is 2.91. The molecule has 0 unspecified atom stereocenters. The van der Waals surface area contributed by atoms with Gasteiger partial charge in [-0.15, -0.1) is 10.2 Å². The van der Waals surface area contributed by atoms with E-state index in [0.717, 1.165) is 17.0 Å². The number of halogens is 1. The van der Waals surface area contributed by atoms with Gasteiger partial charge in [-0.3, -0.25) is 0 Å². The summed E-state index contributed by atoms with van der Waals surface area (Å²) >= 11 is 0. The highest BCUT2D eigenvalue weighted by molar-refractivity contribution is 5.79. The molecule has 0 saturated heterocycles. The van der Waals surface area contributed by atoms with Crippen LogP contribution >= 0.6 is 0 Å². The first-order chi connectivity index (χ1) is 10.1. The van der Waals surface area contributed by atoms with Crippen LogP contribution in [0.15, 0.2) is 41.8 Å². The zero-order valence-electron chi connectivity index (χ0n) is 11.6. The van der Waals surface area contributed by atoms with Crippen LogP contribution in [0.1, 0.15) is 17.0 Å². The molecule has 6 nitrogen and oxygen atoms in total. The predicted molar refractivity (Wildman–Crippen MR) is 76.0 cm³/mol. The van der Waals surface area contributed by atoms with E-state index in [4.69, 9.17) is 0 Å². The number of nitrogens with zero attached hydrogens (tertiary/aromatic N) is 6. The summed E-state index contributed by atoms with van der Waals surface area (Å²) in [4.78, 5) is 0. The van der Waals surface area contributed by atoms with Gasteiger partial charge in [-0.25, -0.2) is 9.07 Å². The van der Waals surface area contributed by atoms with Crippen molar-refractivity contribution in [2.45, 2.75) is 13.8 Å². The maximum absolute atomic E-state index is 12.9. The molecule has 2 aromatic heterocycles. The van der Waals surface area contributed by atoms with Crippen molar-refractivity contribution in [1.29, 1.82) is 0 Å². The van der Waals surface area contributed by atoms with E-state index >= 15 is 0 Å². The maximum Gasteiger partial charge on any atom is 0.273 e. The fourth-order valence-corrected chi connectivity index (χ4v) is 1.95. The summed E-state index contributed by atoms with van der Waals surface area (Å²) in [7, 11) is 0. The molecule has 0 fully saturated rings. The standard InChI is InChI=1S/C14H13FN6/c1-10-7-11(2)21(19-10)14-18-16-9-20(14)17-8-12-3-5-13(15)6-4-12/h3-9H,1-2H3/b17-8-. The van der Waals surface area contributed by atoms with Gasteiger partial charge in [0.2, 0.25) is 0 Å². The van der Waals surface area contributed by atoms with Gasteiger partial charge >= 0.3 is 0 Å².